The summed E-state index contributed by atoms with van der Waals surface area (Å²) in [7, 11) is -3.53. The molecule has 184 valence electrons. The van der Waals surface area contributed by atoms with Crippen LogP contribution >= 0.6 is 0 Å². The van der Waals surface area contributed by atoms with Crippen molar-refractivity contribution in [1.82, 2.24) is 9.71 Å². The summed E-state index contributed by atoms with van der Waals surface area (Å²) in [4.78, 5) is 13.4. The molecule has 1 saturated carbocycles. The quantitative estimate of drug-likeness (QED) is 0.422. The fourth-order valence-corrected chi connectivity index (χ4v) is 5.78. The van der Waals surface area contributed by atoms with E-state index in [9.17, 15) is 13.2 Å². The minimum absolute atomic E-state index is 0.0604. The Morgan fingerprint density at radius 3 is 2.35 bits per heavy atom. The highest BCUT2D eigenvalue weighted by Crippen LogP contribution is 2.29. The number of ether oxygens (including phenoxy) is 1. The zero-order valence-corrected chi connectivity index (χ0v) is 21.4. The Morgan fingerprint density at radius 1 is 1.06 bits per heavy atom. The molecule has 0 aliphatic heterocycles. The van der Waals surface area contributed by atoms with Gasteiger partial charge in [0.05, 0.1) is 4.90 Å². The van der Waals surface area contributed by atoms with E-state index in [1.807, 2.05) is 64.1 Å². The van der Waals surface area contributed by atoms with Crippen LogP contribution in [0.2, 0.25) is 0 Å². The Bertz CT molecular complexity index is 1170. The van der Waals surface area contributed by atoms with E-state index in [1.54, 1.807) is 0 Å². The van der Waals surface area contributed by atoms with Crippen molar-refractivity contribution >= 4 is 27.4 Å². The molecule has 2 N–H and O–H groups in total. The fourth-order valence-electron chi connectivity index (χ4n) is 4.14. The van der Waals surface area contributed by atoms with Crippen LogP contribution in [0.3, 0.4) is 0 Å². The molecule has 1 aliphatic rings. The Morgan fingerprint density at radius 2 is 1.76 bits per heavy atom. The molecule has 1 fully saturated rings. The molecular formula is C27H36N2O4S. The third kappa shape index (κ3) is 6.93. The summed E-state index contributed by atoms with van der Waals surface area (Å²) < 4.78 is 33.7. The van der Waals surface area contributed by atoms with Gasteiger partial charge in [0.15, 0.2) is 0 Å². The van der Waals surface area contributed by atoms with Crippen LogP contribution in [0.5, 0.6) is 0 Å². The predicted molar refractivity (Wildman–Crippen MR) is 137 cm³/mol. The Balaban J connectivity index is 0.000000406. The number of carbonyl (C=O) groups is 1. The lowest BCUT2D eigenvalue weighted by molar-refractivity contribution is -0.138. The maximum absolute atomic E-state index is 13.1. The lowest BCUT2D eigenvalue weighted by atomic mass is 9.96. The van der Waals surface area contributed by atoms with Crippen molar-refractivity contribution in [3.63, 3.8) is 0 Å². The van der Waals surface area contributed by atoms with Gasteiger partial charge in [0.25, 0.3) is 6.47 Å². The molecule has 7 heteroatoms. The average molecular weight is 485 g/mol. The number of benzene rings is 2. The van der Waals surface area contributed by atoms with Gasteiger partial charge in [-0.1, -0.05) is 56.5 Å². The van der Waals surface area contributed by atoms with Gasteiger partial charge in [-0.05, 0) is 69.4 Å². The van der Waals surface area contributed by atoms with Crippen LogP contribution in [0.25, 0.3) is 22.2 Å². The highest BCUT2D eigenvalue weighted by molar-refractivity contribution is 7.89. The first-order chi connectivity index (χ1) is 16.1. The molecule has 6 nitrogen and oxygen atoms in total. The van der Waals surface area contributed by atoms with Gasteiger partial charge < -0.3 is 9.72 Å². The second-order valence-electron chi connectivity index (χ2n) is 9.73. The summed E-state index contributed by atoms with van der Waals surface area (Å²) in [5, 5.41) is 1.12. The Kier molecular flexibility index (Phi) is 8.55. The normalized spacial score (nSPS) is 14.9. The second kappa shape index (κ2) is 11.2. The lowest BCUT2D eigenvalue weighted by Crippen LogP contribution is -2.36. The molecule has 3 aromatic rings. The molecule has 1 heterocycles. The highest BCUT2D eigenvalue weighted by atomic mass is 32.2. The van der Waals surface area contributed by atoms with Crippen LogP contribution in [-0.2, 0) is 26.0 Å². The summed E-state index contributed by atoms with van der Waals surface area (Å²) in [5.41, 5.74) is 3.43. The molecule has 34 heavy (non-hydrogen) atoms. The standard InChI is InChI=1S/C22H26N2O2S.C5H10O2/c1-2-16-12-13-18(21-14-17-8-6-7-11-20(17)23-21)15-22(16)27(25,26)24-19-9-4-3-5-10-19;1-5(2,3)7-4-6/h6-8,11-15,19,23-24H,2-5,9-10H2,1H3;4H,1-3H3. The highest BCUT2D eigenvalue weighted by Gasteiger charge is 2.24. The molecule has 0 spiro atoms. The largest absolute Gasteiger partial charge is 0.462 e. The van der Waals surface area contributed by atoms with E-state index in [0.717, 1.165) is 53.4 Å². The number of aryl methyl sites for hydroxylation is 1. The van der Waals surface area contributed by atoms with E-state index in [0.29, 0.717) is 17.8 Å². The number of fused-ring (bicyclic) bond motifs is 1. The van der Waals surface area contributed by atoms with Crippen molar-refractivity contribution in [2.24, 2.45) is 0 Å². The van der Waals surface area contributed by atoms with Crippen LogP contribution in [0.15, 0.2) is 53.4 Å². The van der Waals surface area contributed by atoms with Crippen molar-refractivity contribution in [3.8, 4) is 11.3 Å². The Labute approximate surface area is 203 Å². The average Bonchev–Trinajstić information content (AvgIpc) is 3.23. The minimum Gasteiger partial charge on any atom is -0.462 e. The number of hydrogen-bond acceptors (Lipinski definition) is 4. The first-order valence-corrected chi connectivity index (χ1v) is 13.5. The van der Waals surface area contributed by atoms with Gasteiger partial charge in [-0.3, -0.25) is 4.79 Å². The van der Waals surface area contributed by atoms with E-state index >= 15 is 0 Å². The maximum atomic E-state index is 13.1. The Hall–Kier alpha value is -2.64. The molecule has 1 aromatic heterocycles. The molecule has 0 bridgehead atoms. The third-order valence-corrected chi connectivity index (χ3v) is 7.51. The fraction of sp³-hybridized carbons (Fsp3) is 0.444. The van der Waals surface area contributed by atoms with Gasteiger partial charge in [-0.25, -0.2) is 13.1 Å². The number of aromatic nitrogens is 1. The van der Waals surface area contributed by atoms with Gasteiger partial charge >= 0.3 is 0 Å². The number of H-pyrrole nitrogens is 1. The molecule has 0 unspecified atom stereocenters. The molecule has 0 radical (unpaired) electrons. The summed E-state index contributed by atoms with van der Waals surface area (Å²) in [5.74, 6) is 0. The topological polar surface area (TPSA) is 88.3 Å². The second-order valence-corrected chi connectivity index (χ2v) is 11.4. The van der Waals surface area contributed by atoms with Crippen molar-refractivity contribution in [2.75, 3.05) is 0 Å². The van der Waals surface area contributed by atoms with Gasteiger partial charge in [0.1, 0.15) is 5.60 Å². The van der Waals surface area contributed by atoms with Crippen LogP contribution in [-0.4, -0.2) is 31.5 Å². The van der Waals surface area contributed by atoms with Crippen LogP contribution in [0.1, 0.15) is 65.4 Å². The van der Waals surface area contributed by atoms with E-state index in [-0.39, 0.29) is 11.6 Å². The van der Waals surface area contributed by atoms with Crippen molar-refractivity contribution < 1.29 is 17.9 Å². The van der Waals surface area contributed by atoms with E-state index < -0.39 is 10.0 Å². The summed E-state index contributed by atoms with van der Waals surface area (Å²) in [6.07, 6.45) is 5.96. The van der Waals surface area contributed by atoms with Crippen LogP contribution in [0.4, 0.5) is 0 Å². The number of nitrogens with one attached hydrogen (secondary N) is 2. The molecular weight excluding hydrogens is 448 g/mol. The van der Waals surface area contributed by atoms with Gasteiger partial charge in [-0.2, -0.15) is 0 Å². The first kappa shape index (κ1) is 26.0. The molecule has 0 saturated heterocycles. The van der Waals surface area contributed by atoms with E-state index in [1.165, 1.54) is 6.42 Å². The smallest absolute Gasteiger partial charge is 0.293 e. The number of carbonyl (C=O) groups excluding carboxylic acids is 1. The minimum atomic E-state index is -3.53. The van der Waals surface area contributed by atoms with Gasteiger partial charge in [0, 0.05) is 22.6 Å². The molecule has 0 amide bonds. The number of sulfonamides is 1. The zero-order valence-electron chi connectivity index (χ0n) is 20.6. The van der Waals surface area contributed by atoms with Crippen LogP contribution in [0, 0.1) is 0 Å². The van der Waals surface area contributed by atoms with Crippen molar-refractivity contribution in [1.29, 1.82) is 0 Å². The first-order valence-electron chi connectivity index (χ1n) is 12.0. The summed E-state index contributed by atoms with van der Waals surface area (Å²) in [6.45, 7) is 7.92. The maximum Gasteiger partial charge on any atom is 0.293 e. The van der Waals surface area contributed by atoms with Crippen molar-refractivity contribution in [3.05, 3.63) is 54.1 Å². The molecule has 1 aliphatic carbocycles. The molecule has 0 atom stereocenters. The molecule has 2 aromatic carbocycles. The zero-order chi connectivity index (χ0) is 24.8. The molecule has 4 rings (SSSR count). The number of rotatable bonds is 6. The van der Waals surface area contributed by atoms with Gasteiger partial charge in [-0.15, -0.1) is 0 Å². The number of para-hydroxylation sites is 1. The lowest BCUT2D eigenvalue weighted by Gasteiger charge is -2.23. The van der Waals surface area contributed by atoms with Crippen molar-refractivity contribution in [2.45, 2.75) is 82.8 Å². The van der Waals surface area contributed by atoms with Crippen LogP contribution < -0.4 is 4.72 Å². The summed E-state index contributed by atoms with van der Waals surface area (Å²) >= 11 is 0. The van der Waals surface area contributed by atoms with E-state index in [2.05, 4.69) is 26.6 Å². The van der Waals surface area contributed by atoms with E-state index in [4.69, 9.17) is 0 Å². The number of aromatic amines is 1. The summed E-state index contributed by atoms with van der Waals surface area (Å²) in [6, 6.07) is 16.0. The third-order valence-electron chi connectivity index (χ3n) is 5.91. The van der Waals surface area contributed by atoms with Gasteiger partial charge in [0.2, 0.25) is 10.0 Å². The number of hydrogen-bond donors (Lipinski definition) is 2. The SMILES string of the molecule is CC(C)(C)OC=O.CCc1ccc(-c2cc3ccccc3[nH]2)cc1S(=O)(=O)NC1CCCCC1. The predicted octanol–water partition coefficient (Wildman–Crippen LogP) is 5.97. The monoisotopic (exact) mass is 484 g/mol.